The Hall–Kier alpha value is -1.59. The Labute approximate surface area is 116 Å². The predicted octanol–water partition coefficient (Wildman–Crippen LogP) is 2.79. The van der Waals surface area contributed by atoms with Gasteiger partial charge in [-0.25, -0.2) is 4.79 Å². The second-order valence-corrected chi connectivity index (χ2v) is 4.62. The molecule has 6 heteroatoms. The Morgan fingerprint density at radius 3 is 2.63 bits per heavy atom. The van der Waals surface area contributed by atoms with E-state index in [0.29, 0.717) is 12.3 Å². The molecule has 19 heavy (non-hydrogen) atoms. The Balaban J connectivity index is 2.55. The number of carboxylic acid groups (broad SMARTS) is 1. The first-order valence-electron chi connectivity index (χ1n) is 5.84. The average molecular weight is 286 g/mol. The molecule has 0 atom stereocenters. The van der Waals surface area contributed by atoms with Crippen molar-refractivity contribution in [2.24, 2.45) is 0 Å². The monoisotopic (exact) mass is 285 g/mol. The maximum Gasteiger partial charge on any atom is 0.337 e. The fourth-order valence-corrected chi connectivity index (χ4v) is 1.64. The van der Waals surface area contributed by atoms with Crippen molar-refractivity contribution in [3.63, 3.8) is 0 Å². The first-order chi connectivity index (χ1) is 8.90. The van der Waals surface area contributed by atoms with Crippen molar-refractivity contribution >= 4 is 29.2 Å². The van der Waals surface area contributed by atoms with Crippen LogP contribution in [-0.4, -0.2) is 29.7 Å². The second-order valence-electron chi connectivity index (χ2n) is 4.22. The van der Waals surface area contributed by atoms with Crippen LogP contribution in [0, 0.1) is 0 Å². The smallest absolute Gasteiger partial charge is 0.337 e. The van der Waals surface area contributed by atoms with Gasteiger partial charge in [0.15, 0.2) is 0 Å². The standard InChI is InChI=1S/C13H16ClNO4/c1-8(2)19-6-5-12(16)15-9-3-4-10(13(17)18)11(14)7-9/h3-4,7-8H,5-6H2,1-2H3,(H,15,16)(H,17,18). The van der Waals surface area contributed by atoms with Crippen LogP contribution in [0.3, 0.4) is 0 Å². The van der Waals surface area contributed by atoms with Crippen LogP contribution < -0.4 is 5.32 Å². The van der Waals surface area contributed by atoms with Crippen molar-refractivity contribution in [1.82, 2.24) is 0 Å². The van der Waals surface area contributed by atoms with E-state index in [-0.39, 0.29) is 29.0 Å². The van der Waals surface area contributed by atoms with E-state index in [9.17, 15) is 9.59 Å². The van der Waals surface area contributed by atoms with Gasteiger partial charge in [0, 0.05) is 5.69 Å². The molecular formula is C13H16ClNO4. The number of carboxylic acids is 1. The minimum Gasteiger partial charge on any atom is -0.478 e. The Morgan fingerprint density at radius 1 is 1.42 bits per heavy atom. The highest BCUT2D eigenvalue weighted by atomic mass is 35.5. The van der Waals surface area contributed by atoms with Gasteiger partial charge in [-0.2, -0.15) is 0 Å². The van der Waals surface area contributed by atoms with Gasteiger partial charge < -0.3 is 15.2 Å². The summed E-state index contributed by atoms with van der Waals surface area (Å²) in [5.74, 6) is -1.31. The molecule has 1 aromatic carbocycles. The van der Waals surface area contributed by atoms with Crippen LogP contribution in [0.15, 0.2) is 18.2 Å². The summed E-state index contributed by atoms with van der Waals surface area (Å²) in [6.45, 7) is 4.12. The Kier molecular flexibility index (Phi) is 5.79. The zero-order chi connectivity index (χ0) is 14.4. The molecule has 2 N–H and O–H groups in total. The number of amides is 1. The minimum atomic E-state index is -1.10. The molecular weight excluding hydrogens is 270 g/mol. The highest BCUT2D eigenvalue weighted by molar-refractivity contribution is 6.33. The van der Waals surface area contributed by atoms with Crippen molar-refractivity contribution in [3.05, 3.63) is 28.8 Å². The number of carbonyl (C=O) groups is 2. The van der Waals surface area contributed by atoms with E-state index in [2.05, 4.69) is 5.32 Å². The van der Waals surface area contributed by atoms with Crippen LogP contribution in [0.4, 0.5) is 5.69 Å². The molecule has 0 radical (unpaired) electrons. The van der Waals surface area contributed by atoms with Gasteiger partial charge in [-0.05, 0) is 32.0 Å². The van der Waals surface area contributed by atoms with Gasteiger partial charge in [0.05, 0.1) is 29.7 Å². The summed E-state index contributed by atoms with van der Waals surface area (Å²) in [4.78, 5) is 22.3. The summed E-state index contributed by atoms with van der Waals surface area (Å²) in [5.41, 5.74) is 0.465. The lowest BCUT2D eigenvalue weighted by Crippen LogP contribution is -2.16. The Bertz CT molecular complexity index is 474. The largest absolute Gasteiger partial charge is 0.478 e. The van der Waals surface area contributed by atoms with Gasteiger partial charge in [-0.1, -0.05) is 11.6 Å². The Morgan fingerprint density at radius 2 is 2.11 bits per heavy atom. The lowest BCUT2D eigenvalue weighted by molar-refractivity contribution is -0.117. The molecule has 0 aliphatic rings. The maximum atomic E-state index is 11.6. The molecule has 0 aliphatic heterocycles. The summed E-state index contributed by atoms with van der Waals surface area (Å²) in [6, 6.07) is 4.26. The zero-order valence-electron chi connectivity index (χ0n) is 10.8. The number of nitrogens with one attached hydrogen (secondary N) is 1. The second kappa shape index (κ2) is 7.11. The molecule has 0 aromatic heterocycles. The van der Waals surface area contributed by atoms with Crippen molar-refractivity contribution in [2.45, 2.75) is 26.4 Å². The average Bonchev–Trinajstić information content (AvgIpc) is 2.27. The van der Waals surface area contributed by atoms with E-state index in [1.165, 1.54) is 18.2 Å². The first kappa shape index (κ1) is 15.5. The van der Waals surface area contributed by atoms with Crippen molar-refractivity contribution < 1.29 is 19.4 Å². The summed E-state index contributed by atoms with van der Waals surface area (Å²) in [7, 11) is 0. The van der Waals surface area contributed by atoms with E-state index in [1.54, 1.807) is 0 Å². The van der Waals surface area contributed by atoms with Crippen LogP contribution in [-0.2, 0) is 9.53 Å². The third-order valence-electron chi connectivity index (χ3n) is 2.26. The molecule has 5 nitrogen and oxygen atoms in total. The third kappa shape index (κ3) is 5.28. The van der Waals surface area contributed by atoms with Gasteiger partial charge in [0.25, 0.3) is 0 Å². The van der Waals surface area contributed by atoms with Gasteiger partial charge in [-0.15, -0.1) is 0 Å². The highest BCUT2D eigenvalue weighted by Crippen LogP contribution is 2.21. The lowest BCUT2D eigenvalue weighted by atomic mass is 10.2. The minimum absolute atomic E-state index is 0.00260. The summed E-state index contributed by atoms with van der Waals surface area (Å²) >= 11 is 5.80. The maximum absolute atomic E-state index is 11.6. The van der Waals surface area contributed by atoms with E-state index >= 15 is 0 Å². The summed E-state index contributed by atoms with van der Waals surface area (Å²) in [6.07, 6.45) is 0.313. The van der Waals surface area contributed by atoms with Crippen LogP contribution in [0.25, 0.3) is 0 Å². The van der Waals surface area contributed by atoms with Crippen molar-refractivity contribution in [1.29, 1.82) is 0 Å². The highest BCUT2D eigenvalue weighted by Gasteiger charge is 2.10. The molecule has 0 fully saturated rings. The van der Waals surface area contributed by atoms with Crippen molar-refractivity contribution in [3.8, 4) is 0 Å². The third-order valence-corrected chi connectivity index (χ3v) is 2.58. The topological polar surface area (TPSA) is 75.6 Å². The van der Waals surface area contributed by atoms with Gasteiger partial charge in [0.1, 0.15) is 0 Å². The molecule has 1 rings (SSSR count). The lowest BCUT2D eigenvalue weighted by Gasteiger charge is -2.09. The normalized spacial score (nSPS) is 10.5. The number of anilines is 1. The van der Waals surface area contributed by atoms with Crippen LogP contribution >= 0.6 is 11.6 Å². The number of carbonyl (C=O) groups excluding carboxylic acids is 1. The number of ether oxygens (including phenoxy) is 1. The van der Waals surface area contributed by atoms with Gasteiger partial charge >= 0.3 is 5.97 Å². The molecule has 104 valence electrons. The van der Waals surface area contributed by atoms with E-state index in [0.717, 1.165) is 0 Å². The molecule has 0 saturated carbocycles. The molecule has 0 heterocycles. The molecule has 0 aliphatic carbocycles. The zero-order valence-corrected chi connectivity index (χ0v) is 11.5. The van der Waals surface area contributed by atoms with Crippen LogP contribution in [0.5, 0.6) is 0 Å². The summed E-state index contributed by atoms with van der Waals surface area (Å²) in [5, 5.41) is 11.5. The number of benzene rings is 1. The quantitative estimate of drug-likeness (QED) is 0.843. The molecule has 0 saturated heterocycles. The fraction of sp³-hybridized carbons (Fsp3) is 0.385. The molecule has 0 spiro atoms. The van der Waals surface area contributed by atoms with Crippen LogP contribution in [0.2, 0.25) is 5.02 Å². The fourth-order valence-electron chi connectivity index (χ4n) is 1.38. The van der Waals surface area contributed by atoms with Crippen molar-refractivity contribution in [2.75, 3.05) is 11.9 Å². The molecule has 0 bridgehead atoms. The van der Waals surface area contributed by atoms with Crippen LogP contribution in [0.1, 0.15) is 30.6 Å². The van der Waals surface area contributed by atoms with E-state index < -0.39 is 5.97 Å². The number of halogens is 1. The van der Waals surface area contributed by atoms with Gasteiger partial charge in [-0.3, -0.25) is 4.79 Å². The van der Waals surface area contributed by atoms with E-state index in [1.807, 2.05) is 13.8 Å². The number of aromatic carboxylic acids is 1. The SMILES string of the molecule is CC(C)OCCC(=O)Nc1ccc(C(=O)O)c(Cl)c1. The molecule has 1 amide bonds. The summed E-state index contributed by atoms with van der Waals surface area (Å²) < 4.78 is 5.26. The number of rotatable bonds is 6. The van der Waals surface area contributed by atoms with Gasteiger partial charge in [0.2, 0.25) is 5.91 Å². The molecule has 1 aromatic rings. The molecule has 0 unspecified atom stereocenters. The predicted molar refractivity (Wildman–Crippen MR) is 72.7 cm³/mol. The first-order valence-corrected chi connectivity index (χ1v) is 6.22. The number of hydrogen-bond donors (Lipinski definition) is 2. The number of hydrogen-bond acceptors (Lipinski definition) is 3. The van der Waals surface area contributed by atoms with E-state index in [4.69, 9.17) is 21.4 Å².